The number of sulfonamides is 1. The van der Waals surface area contributed by atoms with E-state index in [9.17, 15) is 13.2 Å². The van der Waals surface area contributed by atoms with Gasteiger partial charge >= 0.3 is 0 Å². The highest BCUT2D eigenvalue weighted by Gasteiger charge is 2.41. The lowest BCUT2D eigenvalue weighted by molar-refractivity contribution is -0.138. The molecule has 6 heteroatoms. The number of hydrogen-bond donors (Lipinski definition) is 0. The maximum absolute atomic E-state index is 12.9. The Labute approximate surface area is 141 Å². The van der Waals surface area contributed by atoms with Crippen LogP contribution in [0.2, 0.25) is 0 Å². The van der Waals surface area contributed by atoms with Gasteiger partial charge in [0.05, 0.1) is 17.5 Å². The summed E-state index contributed by atoms with van der Waals surface area (Å²) in [6, 6.07) is 16.1. The zero-order chi connectivity index (χ0) is 16.7. The number of amides is 1. The van der Waals surface area contributed by atoms with Crippen LogP contribution in [0, 0.1) is 0 Å². The summed E-state index contributed by atoms with van der Waals surface area (Å²) in [5.41, 5.74) is 2.26. The van der Waals surface area contributed by atoms with E-state index in [2.05, 4.69) is 6.07 Å². The van der Waals surface area contributed by atoms with Crippen molar-refractivity contribution in [2.75, 3.05) is 19.6 Å². The Kier molecular flexibility index (Phi) is 3.66. The van der Waals surface area contributed by atoms with Crippen LogP contribution in [0.1, 0.15) is 17.2 Å². The maximum Gasteiger partial charge on any atom is 0.243 e. The minimum atomic E-state index is -3.66. The number of nitrogens with zero attached hydrogens (tertiary/aromatic N) is 2. The van der Waals surface area contributed by atoms with Crippen LogP contribution in [-0.4, -0.2) is 43.2 Å². The van der Waals surface area contributed by atoms with Gasteiger partial charge in [0, 0.05) is 13.1 Å². The van der Waals surface area contributed by atoms with Gasteiger partial charge in [-0.3, -0.25) is 4.79 Å². The minimum absolute atomic E-state index is 0.0874. The Morgan fingerprint density at radius 3 is 2.46 bits per heavy atom. The Morgan fingerprint density at radius 1 is 0.958 bits per heavy atom. The molecule has 1 amide bonds. The molecule has 0 saturated carbocycles. The number of hydrogen-bond acceptors (Lipinski definition) is 3. The molecule has 2 aliphatic heterocycles. The number of rotatable bonds is 2. The van der Waals surface area contributed by atoms with Gasteiger partial charge in [-0.25, -0.2) is 8.42 Å². The average molecular weight is 342 g/mol. The number of benzene rings is 2. The smallest absolute Gasteiger partial charge is 0.243 e. The van der Waals surface area contributed by atoms with E-state index < -0.39 is 10.0 Å². The fourth-order valence-electron chi connectivity index (χ4n) is 3.57. The monoisotopic (exact) mass is 342 g/mol. The third kappa shape index (κ3) is 2.42. The van der Waals surface area contributed by atoms with Crippen LogP contribution in [0.15, 0.2) is 59.5 Å². The quantitative estimate of drug-likeness (QED) is 0.836. The van der Waals surface area contributed by atoms with Gasteiger partial charge in [0.25, 0.3) is 0 Å². The van der Waals surface area contributed by atoms with E-state index in [4.69, 9.17) is 0 Å². The van der Waals surface area contributed by atoms with E-state index in [1.165, 1.54) is 9.87 Å². The van der Waals surface area contributed by atoms with Crippen molar-refractivity contribution in [3.63, 3.8) is 0 Å². The van der Waals surface area contributed by atoms with Crippen LogP contribution in [0.4, 0.5) is 0 Å². The van der Waals surface area contributed by atoms with Crippen LogP contribution in [-0.2, 0) is 21.2 Å². The van der Waals surface area contributed by atoms with Crippen LogP contribution >= 0.6 is 0 Å². The molecule has 2 aromatic rings. The largest absolute Gasteiger partial charge is 0.333 e. The number of piperazine rings is 1. The Morgan fingerprint density at radius 2 is 1.67 bits per heavy atom. The average Bonchev–Trinajstić information content (AvgIpc) is 2.62. The molecule has 2 aliphatic rings. The Hall–Kier alpha value is -2.18. The van der Waals surface area contributed by atoms with E-state index >= 15 is 0 Å². The van der Waals surface area contributed by atoms with Crippen molar-refractivity contribution < 1.29 is 13.2 Å². The molecule has 4 rings (SSSR count). The van der Waals surface area contributed by atoms with Crippen molar-refractivity contribution in [2.45, 2.75) is 17.4 Å². The van der Waals surface area contributed by atoms with Crippen molar-refractivity contribution in [3.8, 4) is 0 Å². The molecule has 1 fully saturated rings. The first kappa shape index (κ1) is 15.4. The van der Waals surface area contributed by atoms with Crippen molar-refractivity contribution >= 4 is 15.9 Å². The molecule has 0 aromatic heterocycles. The zero-order valence-corrected chi connectivity index (χ0v) is 13.9. The van der Waals surface area contributed by atoms with Crippen molar-refractivity contribution in [1.29, 1.82) is 0 Å². The standard InChI is InChI=1S/C18H18N2O3S/c21-18-13-19(24(22,23)15-7-2-1-3-8-15)12-17-16-9-5-4-6-14(16)10-11-20(17)18/h1-9,17H,10-13H2/t17-/m1/s1. The van der Waals surface area contributed by atoms with Gasteiger partial charge in [-0.1, -0.05) is 42.5 Å². The second-order valence-electron chi connectivity index (χ2n) is 6.16. The Balaban J connectivity index is 1.71. The molecule has 1 atom stereocenters. The summed E-state index contributed by atoms with van der Waals surface area (Å²) in [7, 11) is -3.66. The molecule has 0 bridgehead atoms. The highest BCUT2D eigenvalue weighted by Crippen LogP contribution is 2.34. The highest BCUT2D eigenvalue weighted by atomic mass is 32.2. The van der Waals surface area contributed by atoms with Crippen LogP contribution < -0.4 is 0 Å². The lowest BCUT2D eigenvalue weighted by atomic mass is 9.91. The first-order chi connectivity index (χ1) is 11.6. The fourth-order valence-corrected chi connectivity index (χ4v) is 4.99. The summed E-state index contributed by atoms with van der Waals surface area (Å²) in [5, 5.41) is 0. The molecular weight excluding hydrogens is 324 g/mol. The predicted molar refractivity (Wildman–Crippen MR) is 89.8 cm³/mol. The summed E-state index contributed by atoms with van der Waals surface area (Å²) < 4.78 is 27.1. The van der Waals surface area contributed by atoms with Gasteiger partial charge in [0.1, 0.15) is 0 Å². The molecule has 0 unspecified atom stereocenters. The number of fused-ring (bicyclic) bond motifs is 3. The molecule has 2 heterocycles. The van der Waals surface area contributed by atoms with E-state index in [0.29, 0.717) is 13.1 Å². The van der Waals surface area contributed by atoms with E-state index in [1.54, 1.807) is 30.3 Å². The lowest BCUT2D eigenvalue weighted by Gasteiger charge is -2.44. The van der Waals surface area contributed by atoms with Gasteiger partial charge in [-0.2, -0.15) is 4.31 Å². The van der Waals surface area contributed by atoms with E-state index in [1.807, 2.05) is 23.1 Å². The zero-order valence-electron chi connectivity index (χ0n) is 13.1. The Bertz CT molecular complexity index is 880. The first-order valence-electron chi connectivity index (χ1n) is 8.00. The van der Waals surface area contributed by atoms with Crippen molar-refractivity contribution in [2.24, 2.45) is 0 Å². The summed E-state index contributed by atoms with van der Waals surface area (Å²) >= 11 is 0. The fraction of sp³-hybridized carbons (Fsp3) is 0.278. The third-order valence-corrected chi connectivity index (χ3v) is 6.63. The highest BCUT2D eigenvalue weighted by molar-refractivity contribution is 7.89. The van der Waals surface area contributed by atoms with Gasteiger partial charge < -0.3 is 4.90 Å². The van der Waals surface area contributed by atoms with E-state index in [-0.39, 0.29) is 23.4 Å². The van der Waals surface area contributed by atoms with Crippen molar-refractivity contribution in [3.05, 3.63) is 65.7 Å². The molecule has 2 aromatic carbocycles. The van der Waals surface area contributed by atoms with Gasteiger partial charge in [0.15, 0.2) is 0 Å². The molecule has 124 valence electrons. The molecule has 1 saturated heterocycles. The summed E-state index contributed by atoms with van der Waals surface area (Å²) in [6.45, 7) is 0.871. The number of carbonyl (C=O) groups is 1. The first-order valence-corrected chi connectivity index (χ1v) is 9.44. The van der Waals surface area contributed by atoms with Crippen LogP contribution in [0.5, 0.6) is 0 Å². The summed E-state index contributed by atoms with van der Waals surface area (Å²) in [6.07, 6.45) is 0.823. The second-order valence-corrected chi connectivity index (χ2v) is 8.10. The normalized spacial score (nSPS) is 21.2. The van der Waals surface area contributed by atoms with E-state index in [0.717, 1.165) is 12.0 Å². The second kappa shape index (κ2) is 5.72. The topological polar surface area (TPSA) is 57.7 Å². The molecule has 0 aliphatic carbocycles. The molecule has 0 N–H and O–H groups in total. The molecular formula is C18H18N2O3S. The molecule has 0 radical (unpaired) electrons. The lowest BCUT2D eigenvalue weighted by Crippen LogP contribution is -2.55. The predicted octanol–water partition coefficient (Wildman–Crippen LogP) is 1.82. The van der Waals surface area contributed by atoms with Crippen LogP contribution in [0.3, 0.4) is 0 Å². The van der Waals surface area contributed by atoms with Gasteiger partial charge in [0.2, 0.25) is 15.9 Å². The minimum Gasteiger partial charge on any atom is -0.333 e. The van der Waals surface area contributed by atoms with Gasteiger partial charge in [-0.05, 0) is 29.7 Å². The van der Waals surface area contributed by atoms with Crippen molar-refractivity contribution in [1.82, 2.24) is 9.21 Å². The molecule has 5 nitrogen and oxygen atoms in total. The third-order valence-electron chi connectivity index (χ3n) is 4.80. The maximum atomic E-state index is 12.9. The summed E-state index contributed by atoms with van der Waals surface area (Å²) in [4.78, 5) is 14.6. The molecule has 0 spiro atoms. The SMILES string of the molecule is O=C1CN(S(=O)(=O)c2ccccc2)C[C@@H]2c3ccccc3CCN12. The van der Waals surface area contributed by atoms with Gasteiger partial charge in [-0.15, -0.1) is 0 Å². The van der Waals surface area contributed by atoms with Crippen LogP contribution in [0.25, 0.3) is 0 Å². The number of carbonyl (C=O) groups excluding carboxylic acids is 1. The molecule has 24 heavy (non-hydrogen) atoms. The summed E-state index contributed by atoms with van der Waals surface area (Å²) in [5.74, 6) is -0.125.